The first-order valence-electron chi connectivity index (χ1n) is 5.43. The first-order valence-corrected chi connectivity index (χ1v) is 5.43. The molecule has 1 aliphatic rings. The van der Waals surface area contributed by atoms with Gasteiger partial charge in [-0.05, 0) is 7.05 Å². The maximum Gasteiger partial charge on any atom is 0.317 e. The van der Waals surface area contributed by atoms with Gasteiger partial charge >= 0.3 is 11.9 Å². The number of carbonyl (C=O) groups is 2. The normalized spacial score (nSPS) is 21.6. The van der Waals surface area contributed by atoms with Crippen molar-refractivity contribution in [2.45, 2.75) is 6.10 Å². The van der Waals surface area contributed by atoms with Crippen LogP contribution < -0.4 is 0 Å². The molecule has 0 aromatic heterocycles. The molecule has 0 amide bonds. The maximum absolute atomic E-state index is 10.6. The van der Waals surface area contributed by atoms with Gasteiger partial charge in [0, 0.05) is 19.6 Å². The number of aliphatic carboxylic acids is 2. The van der Waals surface area contributed by atoms with Gasteiger partial charge in [-0.25, -0.2) is 0 Å². The monoisotopic (exact) mass is 246 g/mol. The van der Waals surface area contributed by atoms with E-state index in [4.69, 9.17) is 14.9 Å². The van der Waals surface area contributed by atoms with Gasteiger partial charge in [0.25, 0.3) is 0 Å². The molecule has 17 heavy (non-hydrogen) atoms. The second-order valence-electron chi connectivity index (χ2n) is 4.21. The quantitative estimate of drug-likeness (QED) is 0.607. The van der Waals surface area contributed by atoms with Gasteiger partial charge in [0.1, 0.15) is 0 Å². The molecule has 7 heteroatoms. The molecule has 1 fully saturated rings. The van der Waals surface area contributed by atoms with Crippen LogP contribution in [0.5, 0.6) is 0 Å². The Kier molecular flexibility index (Phi) is 5.33. The zero-order valence-corrected chi connectivity index (χ0v) is 9.83. The summed E-state index contributed by atoms with van der Waals surface area (Å²) < 4.78 is 5.47. The molecular weight excluding hydrogens is 228 g/mol. The highest BCUT2D eigenvalue weighted by molar-refractivity contribution is 5.72. The van der Waals surface area contributed by atoms with Crippen molar-refractivity contribution in [3.63, 3.8) is 0 Å². The molecule has 0 aromatic rings. The maximum atomic E-state index is 10.6. The summed E-state index contributed by atoms with van der Waals surface area (Å²) in [5.74, 6) is -2.06. The molecule has 1 heterocycles. The molecule has 1 atom stereocenters. The summed E-state index contributed by atoms with van der Waals surface area (Å²) >= 11 is 0. The Labute approximate surface area is 99.6 Å². The number of carboxylic acids is 2. The molecule has 0 spiro atoms. The summed E-state index contributed by atoms with van der Waals surface area (Å²) in [5, 5.41) is 17.4. The lowest BCUT2D eigenvalue weighted by Gasteiger charge is -2.32. The second-order valence-corrected chi connectivity index (χ2v) is 4.21. The van der Waals surface area contributed by atoms with Crippen LogP contribution in [0.25, 0.3) is 0 Å². The molecule has 0 aromatic carbocycles. The highest BCUT2D eigenvalue weighted by atomic mass is 16.5. The lowest BCUT2D eigenvalue weighted by molar-refractivity contribution is -0.143. The molecule has 1 aliphatic heterocycles. The highest BCUT2D eigenvalue weighted by Gasteiger charge is 2.22. The fraction of sp³-hybridized carbons (Fsp3) is 0.800. The van der Waals surface area contributed by atoms with E-state index in [-0.39, 0.29) is 19.2 Å². The minimum Gasteiger partial charge on any atom is -0.480 e. The van der Waals surface area contributed by atoms with Gasteiger partial charge in [-0.3, -0.25) is 14.5 Å². The summed E-state index contributed by atoms with van der Waals surface area (Å²) in [6.45, 7) is 1.88. The average molecular weight is 246 g/mol. The fourth-order valence-corrected chi connectivity index (χ4v) is 1.83. The lowest BCUT2D eigenvalue weighted by atomic mass is 10.2. The molecule has 7 nitrogen and oxygen atoms in total. The molecule has 0 bridgehead atoms. The van der Waals surface area contributed by atoms with Crippen LogP contribution in [0.4, 0.5) is 0 Å². The Morgan fingerprint density at radius 1 is 1.35 bits per heavy atom. The number of hydrogen-bond acceptors (Lipinski definition) is 5. The summed E-state index contributed by atoms with van der Waals surface area (Å²) in [6, 6.07) is 0. The molecular formula is C10H18N2O5. The van der Waals surface area contributed by atoms with Crippen LogP contribution in [0.3, 0.4) is 0 Å². The molecule has 1 unspecified atom stereocenters. The first kappa shape index (κ1) is 13.9. The molecule has 98 valence electrons. The van der Waals surface area contributed by atoms with Crippen LogP contribution in [0.2, 0.25) is 0 Å². The summed E-state index contributed by atoms with van der Waals surface area (Å²) in [6.07, 6.45) is -0.132. The number of carboxylic acid groups (broad SMARTS) is 2. The van der Waals surface area contributed by atoms with Crippen molar-refractivity contribution in [1.82, 2.24) is 9.80 Å². The van der Waals surface area contributed by atoms with Crippen LogP contribution in [-0.4, -0.2) is 84.4 Å². The van der Waals surface area contributed by atoms with Gasteiger partial charge < -0.3 is 19.8 Å². The van der Waals surface area contributed by atoms with Crippen molar-refractivity contribution in [1.29, 1.82) is 0 Å². The Hall–Kier alpha value is -1.18. The van der Waals surface area contributed by atoms with Crippen molar-refractivity contribution < 1.29 is 24.5 Å². The number of ether oxygens (including phenoxy) is 1. The van der Waals surface area contributed by atoms with Gasteiger partial charge in [0.05, 0.1) is 25.8 Å². The summed E-state index contributed by atoms with van der Waals surface area (Å²) in [5.41, 5.74) is 0. The predicted molar refractivity (Wildman–Crippen MR) is 58.9 cm³/mol. The van der Waals surface area contributed by atoms with E-state index in [0.29, 0.717) is 19.7 Å². The third-order valence-electron chi connectivity index (χ3n) is 2.52. The number of hydrogen-bond donors (Lipinski definition) is 2. The van der Waals surface area contributed by atoms with Crippen LogP contribution >= 0.6 is 0 Å². The Bertz CT molecular complexity index is 268. The standard InChI is InChI=1S/C10H18N2O5/c1-11-2-3-17-8(4-11)5-12(6-9(13)14)7-10(15)16/h8H,2-7H2,1H3,(H,13,14)(H,15,16). The van der Waals surface area contributed by atoms with E-state index in [1.165, 1.54) is 4.90 Å². The Morgan fingerprint density at radius 3 is 2.41 bits per heavy atom. The molecule has 2 N–H and O–H groups in total. The third-order valence-corrected chi connectivity index (χ3v) is 2.52. The largest absolute Gasteiger partial charge is 0.480 e. The van der Waals surface area contributed by atoms with Crippen molar-refractivity contribution >= 4 is 11.9 Å². The van der Waals surface area contributed by atoms with Crippen LogP contribution in [0.15, 0.2) is 0 Å². The number of morpholine rings is 1. The SMILES string of the molecule is CN1CCOC(CN(CC(=O)O)CC(=O)O)C1. The van der Waals surface area contributed by atoms with Crippen molar-refractivity contribution in [2.75, 3.05) is 46.4 Å². The zero-order chi connectivity index (χ0) is 12.8. The van der Waals surface area contributed by atoms with Crippen LogP contribution in [-0.2, 0) is 14.3 Å². The predicted octanol–water partition coefficient (Wildman–Crippen LogP) is -1.21. The van der Waals surface area contributed by atoms with Crippen LogP contribution in [0.1, 0.15) is 0 Å². The van der Waals surface area contributed by atoms with Crippen molar-refractivity contribution in [3.05, 3.63) is 0 Å². The molecule has 0 radical (unpaired) electrons. The highest BCUT2D eigenvalue weighted by Crippen LogP contribution is 2.05. The van der Waals surface area contributed by atoms with E-state index < -0.39 is 11.9 Å². The van der Waals surface area contributed by atoms with Crippen molar-refractivity contribution in [2.24, 2.45) is 0 Å². The zero-order valence-electron chi connectivity index (χ0n) is 9.83. The van der Waals surface area contributed by atoms with Crippen molar-refractivity contribution in [3.8, 4) is 0 Å². The van der Waals surface area contributed by atoms with E-state index in [1.807, 2.05) is 7.05 Å². The van der Waals surface area contributed by atoms with Gasteiger partial charge in [0.15, 0.2) is 0 Å². The smallest absolute Gasteiger partial charge is 0.317 e. The lowest BCUT2D eigenvalue weighted by Crippen LogP contribution is -2.48. The van der Waals surface area contributed by atoms with E-state index in [9.17, 15) is 9.59 Å². The van der Waals surface area contributed by atoms with Gasteiger partial charge in [-0.2, -0.15) is 0 Å². The summed E-state index contributed by atoms with van der Waals surface area (Å²) in [7, 11) is 1.95. The number of rotatable bonds is 6. The topological polar surface area (TPSA) is 90.3 Å². The third kappa shape index (κ3) is 5.62. The Balaban J connectivity index is 2.46. The van der Waals surface area contributed by atoms with E-state index in [0.717, 1.165) is 6.54 Å². The molecule has 1 rings (SSSR count). The fourth-order valence-electron chi connectivity index (χ4n) is 1.83. The van der Waals surface area contributed by atoms with Crippen LogP contribution in [0, 0.1) is 0 Å². The Morgan fingerprint density at radius 2 is 1.94 bits per heavy atom. The minimum atomic E-state index is -1.03. The molecule has 0 aliphatic carbocycles. The van der Waals surface area contributed by atoms with Gasteiger partial charge in [-0.15, -0.1) is 0 Å². The first-order chi connectivity index (χ1) is 7.97. The molecule has 1 saturated heterocycles. The summed E-state index contributed by atoms with van der Waals surface area (Å²) in [4.78, 5) is 24.7. The minimum absolute atomic E-state index is 0.132. The van der Waals surface area contributed by atoms with E-state index >= 15 is 0 Å². The van der Waals surface area contributed by atoms with E-state index in [2.05, 4.69) is 4.90 Å². The van der Waals surface area contributed by atoms with E-state index in [1.54, 1.807) is 0 Å². The number of likely N-dealkylation sites (N-methyl/N-ethyl adjacent to an activating group) is 1. The average Bonchev–Trinajstić information content (AvgIpc) is 2.14. The second kappa shape index (κ2) is 6.53. The number of nitrogens with zero attached hydrogens (tertiary/aromatic N) is 2. The van der Waals surface area contributed by atoms with Gasteiger partial charge in [-0.1, -0.05) is 0 Å². The molecule has 0 saturated carbocycles. The van der Waals surface area contributed by atoms with Gasteiger partial charge in [0.2, 0.25) is 0 Å².